The van der Waals surface area contributed by atoms with Crippen molar-refractivity contribution in [2.24, 2.45) is 13.0 Å². The average molecular weight is 299 g/mol. The number of carbonyl (C=O) groups excluding carboxylic acids is 1. The van der Waals surface area contributed by atoms with Crippen molar-refractivity contribution < 1.29 is 4.79 Å². The van der Waals surface area contributed by atoms with Gasteiger partial charge in [-0.2, -0.15) is 5.10 Å². The summed E-state index contributed by atoms with van der Waals surface area (Å²) in [5.74, 6) is 0.633. The summed E-state index contributed by atoms with van der Waals surface area (Å²) in [6.07, 6.45) is 8.42. The molecule has 0 spiro atoms. The summed E-state index contributed by atoms with van der Waals surface area (Å²) in [6.45, 7) is 3.35. The molecular weight excluding hydrogens is 278 g/mol. The van der Waals surface area contributed by atoms with Crippen molar-refractivity contribution >= 4 is 5.91 Å². The van der Waals surface area contributed by atoms with E-state index in [4.69, 9.17) is 4.98 Å². The minimum Gasteiger partial charge on any atom is -0.343 e. The quantitative estimate of drug-likeness (QED) is 0.865. The number of amides is 1. The second kappa shape index (κ2) is 6.25. The minimum atomic E-state index is 0.166. The van der Waals surface area contributed by atoms with E-state index in [1.807, 2.05) is 24.2 Å². The molecule has 2 aromatic rings. The van der Waals surface area contributed by atoms with E-state index in [9.17, 15) is 4.79 Å². The Balaban J connectivity index is 1.73. The number of aryl methyl sites for hydroxylation is 1. The van der Waals surface area contributed by atoms with Crippen LogP contribution in [-0.2, 0) is 18.3 Å². The molecule has 6 heteroatoms. The van der Waals surface area contributed by atoms with E-state index in [0.717, 1.165) is 49.4 Å². The standard InChI is InChI=1S/C16H21N5O/c1-12(22)21-7-3-4-13(11-21)8-14-9-17-10-15(19-14)16-5-6-18-20(16)2/h5-6,9-10,13H,3-4,7-8,11H2,1-2H3/t13-/m0/s1. The van der Waals surface area contributed by atoms with E-state index in [2.05, 4.69) is 10.1 Å². The third-order valence-electron chi connectivity index (χ3n) is 4.23. The Bertz CT molecular complexity index is 666. The smallest absolute Gasteiger partial charge is 0.219 e. The van der Waals surface area contributed by atoms with Gasteiger partial charge in [0, 0.05) is 39.5 Å². The first-order valence-corrected chi connectivity index (χ1v) is 7.68. The van der Waals surface area contributed by atoms with Gasteiger partial charge in [-0.1, -0.05) is 0 Å². The zero-order valence-corrected chi connectivity index (χ0v) is 13.1. The number of hydrogen-bond acceptors (Lipinski definition) is 4. The first kappa shape index (κ1) is 14.7. The Labute approximate surface area is 130 Å². The van der Waals surface area contributed by atoms with Gasteiger partial charge in [0.25, 0.3) is 0 Å². The van der Waals surface area contributed by atoms with Crippen molar-refractivity contribution in [1.29, 1.82) is 0 Å². The molecule has 1 aliphatic rings. The van der Waals surface area contributed by atoms with E-state index in [-0.39, 0.29) is 5.91 Å². The maximum atomic E-state index is 11.5. The van der Waals surface area contributed by atoms with Gasteiger partial charge in [0.1, 0.15) is 5.69 Å². The molecule has 1 amide bonds. The lowest BCUT2D eigenvalue weighted by atomic mass is 9.93. The summed E-state index contributed by atoms with van der Waals surface area (Å²) in [7, 11) is 1.90. The Kier molecular flexibility index (Phi) is 4.18. The van der Waals surface area contributed by atoms with Gasteiger partial charge < -0.3 is 4.90 Å². The highest BCUT2D eigenvalue weighted by Crippen LogP contribution is 2.21. The molecule has 3 rings (SSSR count). The molecular formula is C16H21N5O. The molecule has 3 heterocycles. The lowest BCUT2D eigenvalue weighted by Crippen LogP contribution is -2.39. The first-order valence-electron chi connectivity index (χ1n) is 7.68. The molecule has 0 unspecified atom stereocenters. The maximum Gasteiger partial charge on any atom is 0.219 e. The molecule has 0 N–H and O–H groups in total. The van der Waals surface area contributed by atoms with Gasteiger partial charge >= 0.3 is 0 Å². The van der Waals surface area contributed by atoms with Crippen molar-refractivity contribution in [3.63, 3.8) is 0 Å². The Hall–Kier alpha value is -2.24. The zero-order valence-electron chi connectivity index (χ0n) is 13.1. The summed E-state index contributed by atoms with van der Waals surface area (Å²) < 4.78 is 1.80. The topological polar surface area (TPSA) is 63.9 Å². The van der Waals surface area contributed by atoms with Crippen LogP contribution in [0.3, 0.4) is 0 Å². The SMILES string of the molecule is CC(=O)N1CCC[C@@H](Cc2cncc(-c3ccnn3C)n2)C1. The summed E-state index contributed by atoms with van der Waals surface area (Å²) in [5, 5.41) is 4.17. The van der Waals surface area contributed by atoms with Crippen molar-refractivity contribution in [3.8, 4) is 11.4 Å². The number of aromatic nitrogens is 4. The van der Waals surface area contributed by atoms with Gasteiger partial charge in [-0.05, 0) is 31.2 Å². The predicted octanol–water partition coefficient (Wildman–Crippen LogP) is 1.68. The normalized spacial score (nSPS) is 18.5. The van der Waals surface area contributed by atoms with E-state index in [1.165, 1.54) is 0 Å². The zero-order chi connectivity index (χ0) is 15.5. The molecule has 0 bridgehead atoms. The van der Waals surface area contributed by atoms with Gasteiger partial charge in [0.15, 0.2) is 0 Å². The molecule has 2 aromatic heterocycles. The lowest BCUT2D eigenvalue weighted by molar-refractivity contribution is -0.130. The maximum absolute atomic E-state index is 11.5. The molecule has 22 heavy (non-hydrogen) atoms. The van der Waals surface area contributed by atoms with Crippen molar-refractivity contribution in [3.05, 3.63) is 30.4 Å². The highest BCUT2D eigenvalue weighted by atomic mass is 16.2. The molecule has 1 aliphatic heterocycles. The van der Waals surface area contributed by atoms with Crippen LogP contribution in [0.2, 0.25) is 0 Å². The molecule has 1 atom stereocenters. The number of carbonyl (C=O) groups is 1. The highest BCUT2D eigenvalue weighted by Gasteiger charge is 2.22. The Morgan fingerprint density at radius 3 is 3.00 bits per heavy atom. The van der Waals surface area contributed by atoms with Crippen LogP contribution in [0.4, 0.5) is 0 Å². The van der Waals surface area contributed by atoms with Gasteiger partial charge in [-0.3, -0.25) is 14.5 Å². The summed E-state index contributed by atoms with van der Waals surface area (Å²) in [5.41, 5.74) is 2.79. The second-order valence-corrected chi connectivity index (χ2v) is 5.91. The number of nitrogens with zero attached hydrogens (tertiary/aromatic N) is 5. The molecule has 6 nitrogen and oxygen atoms in total. The van der Waals surface area contributed by atoms with Crippen LogP contribution in [0.1, 0.15) is 25.5 Å². The summed E-state index contributed by atoms with van der Waals surface area (Å²) in [6, 6.07) is 1.94. The van der Waals surface area contributed by atoms with Crippen LogP contribution in [-0.4, -0.2) is 43.6 Å². The van der Waals surface area contributed by atoms with E-state index in [0.29, 0.717) is 5.92 Å². The van der Waals surface area contributed by atoms with Gasteiger partial charge in [-0.15, -0.1) is 0 Å². The fourth-order valence-electron chi connectivity index (χ4n) is 3.07. The molecule has 116 valence electrons. The fraction of sp³-hybridized carbons (Fsp3) is 0.500. The van der Waals surface area contributed by atoms with Crippen LogP contribution >= 0.6 is 0 Å². The van der Waals surface area contributed by atoms with Crippen molar-refractivity contribution in [1.82, 2.24) is 24.6 Å². The van der Waals surface area contributed by atoms with Crippen LogP contribution in [0, 0.1) is 5.92 Å². The van der Waals surface area contributed by atoms with Gasteiger partial charge in [-0.25, -0.2) is 4.98 Å². The van der Waals surface area contributed by atoms with Crippen LogP contribution < -0.4 is 0 Å². The minimum absolute atomic E-state index is 0.166. The summed E-state index contributed by atoms with van der Waals surface area (Å²) in [4.78, 5) is 22.5. The van der Waals surface area contributed by atoms with E-state index < -0.39 is 0 Å². The number of piperidine rings is 1. The Morgan fingerprint density at radius 2 is 2.27 bits per heavy atom. The number of rotatable bonds is 3. The van der Waals surface area contributed by atoms with Crippen molar-refractivity contribution in [2.75, 3.05) is 13.1 Å². The fourth-order valence-corrected chi connectivity index (χ4v) is 3.07. The van der Waals surface area contributed by atoms with Crippen molar-refractivity contribution in [2.45, 2.75) is 26.2 Å². The Morgan fingerprint density at radius 1 is 1.41 bits per heavy atom. The largest absolute Gasteiger partial charge is 0.343 e. The molecule has 1 fully saturated rings. The lowest BCUT2D eigenvalue weighted by Gasteiger charge is -2.31. The number of likely N-dealkylation sites (tertiary alicyclic amines) is 1. The molecule has 1 saturated heterocycles. The van der Waals surface area contributed by atoms with Crippen LogP contribution in [0.25, 0.3) is 11.4 Å². The molecule has 0 saturated carbocycles. The van der Waals surface area contributed by atoms with Crippen LogP contribution in [0.15, 0.2) is 24.7 Å². The third-order valence-corrected chi connectivity index (χ3v) is 4.23. The third kappa shape index (κ3) is 3.16. The van der Waals surface area contributed by atoms with Gasteiger partial charge in [0.2, 0.25) is 5.91 Å². The van der Waals surface area contributed by atoms with E-state index in [1.54, 1.807) is 24.0 Å². The molecule has 0 aliphatic carbocycles. The monoisotopic (exact) mass is 299 g/mol. The van der Waals surface area contributed by atoms with Crippen LogP contribution in [0.5, 0.6) is 0 Å². The molecule has 0 aromatic carbocycles. The first-order chi connectivity index (χ1) is 10.6. The second-order valence-electron chi connectivity index (χ2n) is 5.91. The van der Waals surface area contributed by atoms with E-state index >= 15 is 0 Å². The highest BCUT2D eigenvalue weighted by molar-refractivity contribution is 5.73. The average Bonchev–Trinajstić information content (AvgIpc) is 2.94. The number of hydrogen-bond donors (Lipinski definition) is 0. The molecule has 0 radical (unpaired) electrons. The predicted molar refractivity (Wildman–Crippen MR) is 82.9 cm³/mol. The summed E-state index contributed by atoms with van der Waals surface area (Å²) >= 11 is 0. The van der Waals surface area contributed by atoms with Gasteiger partial charge in [0.05, 0.1) is 17.6 Å².